The quantitative estimate of drug-likeness (QED) is 0.705. The summed E-state index contributed by atoms with van der Waals surface area (Å²) in [6.45, 7) is 9.39. The predicted molar refractivity (Wildman–Crippen MR) is 58.9 cm³/mol. The third-order valence-electron chi connectivity index (χ3n) is 3.98. The Bertz CT molecular complexity index is 144. The van der Waals surface area contributed by atoms with Crippen LogP contribution in [0.3, 0.4) is 0 Å². The van der Waals surface area contributed by atoms with Crippen LogP contribution in [0.15, 0.2) is 0 Å². The maximum absolute atomic E-state index is 3.51. The normalized spacial score (nSPS) is 34.8. The van der Waals surface area contributed by atoms with Crippen molar-refractivity contribution in [2.24, 2.45) is 11.3 Å². The first-order valence-corrected chi connectivity index (χ1v) is 5.93. The van der Waals surface area contributed by atoms with Crippen LogP contribution in [-0.4, -0.2) is 13.1 Å². The van der Waals surface area contributed by atoms with E-state index in [-0.39, 0.29) is 0 Å². The SMILES string of the molecule is CCNCC1CCCCC1(C)CC. The van der Waals surface area contributed by atoms with Crippen molar-refractivity contribution in [2.45, 2.75) is 52.9 Å². The fraction of sp³-hybridized carbons (Fsp3) is 1.00. The molecular weight excluding hydrogens is 158 g/mol. The van der Waals surface area contributed by atoms with E-state index in [0.717, 1.165) is 12.5 Å². The summed E-state index contributed by atoms with van der Waals surface area (Å²) in [6, 6.07) is 0. The molecule has 1 saturated carbocycles. The van der Waals surface area contributed by atoms with Gasteiger partial charge in [0.05, 0.1) is 0 Å². The molecule has 0 amide bonds. The van der Waals surface area contributed by atoms with E-state index in [1.807, 2.05) is 0 Å². The maximum atomic E-state index is 3.51. The van der Waals surface area contributed by atoms with Crippen LogP contribution >= 0.6 is 0 Å². The van der Waals surface area contributed by atoms with Gasteiger partial charge in [0.25, 0.3) is 0 Å². The average Bonchev–Trinajstić information content (AvgIpc) is 2.17. The molecule has 78 valence electrons. The van der Waals surface area contributed by atoms with Crippen molar-refractivity contribution >= 4 is 0 Å². The molecule has 2 atom stereocenters. The minimum Gasteiger partial charge on any atom is -0.317 e. The Kier molecular flexibility index (Phi) is 4.24. The fourth-order valence-electron chi connectivity index (χ4n) is 2.60. The van der Waals surface area contributed by atoms with E-state index in [4.69, 9.17) is 0 Å². The molecule has 0 aliphatic heterocycles. The molecule has 0 spiro atoms. The third kappa shape index (κ3) is 2.70. The van der Waals surface area contributed by atoms with Crippen LogP contribution in [0.4, 0.5) is 0 Å². The highest BCUT2D eigenvalue weighted by Gasteiger charge is 2.34. The molecule has 0 bridgehead atoms. The van der Waals surface area contributed by atoms with Crippen LogP contribution in [0.25, 0.3) is 0 Å². The lowest BCUT2D eigenvalue weighted by molar-refractivity contribution is 0.109. The standard InChI is InChI=1S/C12H25N/c1-4-12(3)9-7-6-8-11(12)10-13-5-2/h11,13H,4-10H2,1-3H3. The van der Waals surface area contributed by atoms with Crippen molar-refractivity contribution in [2.75, 3.05) is 13.1 Å². The highest BCUT2D eigenvalue weighted by atomic mass is 14.9. The summed E-state index contributed by atoms with van der Waals surface area (Å²) in [4.78, 5) is 0. The van der Waals surface area contributed by atoms with Crippen LogP contribution in [0.1, 0.15) is 52.9 Å². The molecule has 1 N–H and O–H groups in total. The van der Waals surface area contributed by atoms with Gasteiger partial charge in [0.2, 0.25) is 0 Å². The summed E-state index contributed by atoms with van der Waals surface area (Å²) in [5.74, 6) is 0.922. The summed E-state index contributed by atoms with van der Waals surface area (Å²) in [6.07, 6.45) is 7.14. The number of nitrogens with one attached hydrogen (secondary N) is 1. The second kappa shape index (κ2) is 4.99. The van der Waals surface area contributed by atoms with Crippen molar-refractivity contribution in [1.29, 1.82) is 0 Å². The minimum absolute atomic E-state index is 0.625. The third-order valence-corrected chi connectivity index (χ3v) is 3.98. The van der Waals surface area contributed by atoms with Gasteiger partial charge in [-0.1, -0.05) is 40.0 Å². The van der Waals surface area contributed by atoms with E-state index >= 15 is 0 Å². The highest BCUT2D eigenvalue weighted by molar-refractivity contribution is 4.86. The molecule has 1 fully saturated rings. The lowest BCUT2D eigenvalue weighted by Crippen LogP contribution is -2.37. The summed E-state index contributed by atoms with van der Waals surface area (Å²) < 4.78 is 0. The van der Waals surface area contributed by atoms with E-state index in [1.165, 1.54) is 38.6 Å². The second-order valence-electron chi connectivity index (χ2n) is 4.76. The molecule has 1 heteroatoms. The molecule has 13 heavy (non-hydrogen) atoms. The highest BCUT2D eigenvalue weighted by Crippen LogP contribution is 2.42. The van der Waals surface area contributed by atoms with Crippen molar-refractivity contribution in [3.8, 4) is 0 Å². The van der Waals surface area contributed by atoms with E-state index in [1.54, 1.807) is 0 Å². The lowest BCUT2D eigenvalue weighted by atomic mass is 9.66. The number of hydrogen-bond donors (Lipinski definition) is 1. The zero-order valence-electron chi connectivity index (χ0n) is 9.53. The van der Waals surface area contributed by atoms with Gasteiger partial charge in [0.1, 0.15) is 0 Å². The van der Waals surface area contributed by atoms with Gasteiger partial charge in [0.15, 0.2) is 0 Å². The lowest BCUT2D eigenvalue weighted by Gasteiger charge is -2.41. The summed E-state index contributed by atoms with van der Waals surface area (Å²) in [5.41, 5.74) is 0.625. The van der Waals surface area contributed by atoms with Crippen LogP contribution in [0, 0.1) is 11.3 Å². The molecule has 1 nitrogen and oxygen atoms in total. The first kappa shape index (κ1) is 11.0. The fourth-order valence-corrected chi connectivity index (χ4v) is 2.60. The van der Waals surface area contributed by atoms with Crippen LogP contribution in [0.2, 0.25) is 0 Å². The minimum atomic E-state index is 0.625. The Labute approximate surface area is 83.3 Å². The van der Waals surface area contributed by atoms with Gasteiger partial charge in [-0.05, 0) is 37.3 Å². The Morgan fingerprint density at radius 2 is 2.08 bits per heavy atom. The van der Waals surface area contributed by atoms with Gasteiger partial charge in [-0.25, -0.2) is 0 Å². The molecule has 1 aliphatic carbocycles. The Balaban J connectivity index is 2.46. The molecule has 1 rings (SSSR count). The zero-order valence-corrected chi connectivity index (χ0v) is 9.53. The van der Waals surface area contributed by atoms with Crippen LogP contribution < -0.4 is 5.32 Å². The molecule has 0 heterocycles. The Hall–Kier alpha value is -0.0400. The van der Waals surface area contributed by atoms with Crippen LogP contribution in [0.5, 0.6) is 0 Å². The van der Waals surface area contributed by atoms with E-state index in [0.29, 0.717) is 5.41 Å². The van der Waals surface area contributed by atoms with E-state index in [2.05, 4.69) is 26.1 Å². The van der Waals surface area contributed by atoms with Crippen molar-refractivity contribution < 1.29 is 0 Å². The van der Waals surface area contributed by atoms with Gasteiger partial charge in [-0.15, -0.1) is 0 Å². The molecule has 0 aromatic rings. The Morgan fingerprint density at radius 3 is 2.69 bits per heavy atom. The van der Waals surface area contributed by atoms with Crippen molar-refractivity contribution in [3.05, 3.63) is 0 Å². The first-order valence-electron chi connectivity index (χ1n) is 5.93. The second-order valence-corrected chi connectivity index (χ2v) is 4.76. The van der Waals surface area contributed by atoms with Gasteiger partial charge >= 0.3 is 0 Å². The van der Waals surface area contributed by atoms with Gasteiger partial charge < -0.3 is 5.32 Å². The molecular formula is C12H25N. The monoisotopic (exact) mass is 183 g/mol. The largest absolute Gasteiger partial charge is 0.317 e. The molecule has 0 aromatic carbocycles. The first-order chi connectivity index (χ1) is 6.23. The van der Waals surface area contributed by atoms with Crippen molar-refractivity contribution in [3.63, 3.8) is 0 Å². The summed E-state index contributed by atoms with van der Waals surface area (Å²) in [7, 11) is 0. The molecule has 1 aliphatic rings. The summed E-state index contributed by atoms with van der Waals surface area (Å²) >= 11 is 0. The van der Waals surface area contributed by atoms with Gasteiger partial charge in [-0.2, -0.15) is 0 Å². The predicted octanol–water partition coefficient (Wildman–Crippen LogP) is 3.20. The molecule has 0 aromatic heterocycles. The van der Waals surface area contributed by atoms with Gasteiger partial charge in [-0.3, -0.25) is 0 Å². The smallest absolute Gasteiger partial charge is 0.00154 e. The number of rotatable bonds is 4. The average molecular weight is 183 g/mol. The zero-order chi connectivity index (χ0) is 9.73. The van der Waals surface area contributed by atoms with E-state index < -0.39 is 0 Å². The van der Waals surface area contributed by atoms with Crippen LogP contribution in [-0.2, 0) is 0 Å². The topological polar surface area (TPSA) is 12.0 Å². The van der Waals surface area contributed by atoms with E-state index in [9.17, 15) is 0 Å². The summed E-state index contributed by atoms with van der Waals surface area (Å²) in [5, 5.41) is 3.51. The molecule has 2 unspecified atom stereocenters. The maximum Gasteiger partial charge on any atom is -0.00154 e. The number of hydrogen-bond acceptors (Lipinski definition) is 1. The Morgan fingerprint density at radius 1 is 1.31 bits per heavy atom. The van der Waals surface area contributed by atoms with Gasteiger partial charge in [0, 0.05) is 0 Å². The van der Waals surface area contributed by atoms with Crippen molar-refractivity contribution in [1.82, 2.24) is 5.32 Å². The molecule has 0 saturated heterocycles. The molecule has 0 radical (unpaired) electrons.